The zero-order valence-electron chi connectivity index (χ0n) is 17.7. The molecule has 33 heavy (non-hydrogen) atoms. The average molecular weight is 472 g/mol. The van der Waals surface area contributed by atoms with Crippen LogP contribution >= 0.6 is 10.6 Å². The number of aromatic amines is 1. The van der Waals surface area contributed by atoms with Crippen LogP contribution in [0, 0.1) is 5.82 Å². The number of benzene rings is 1. The summed E-state index contributed by atoms with van der Waals surface area (Å²) in [4.78, 5) is 28.6. The number of imidazole rings is 1. The van der Waals surface area contributed by atoms with Crippen molar-refractivity contribution in [3.8, 4) is 11.1 Å². The summed E-state index contributed by atoms with van der Waals surface area (Å²) in [5.41, 5.74) is 2.86. The van der Waals surface area contributed by atoms with E-state index in [9.17, 15) is 18.3 Å². The van der Waals surface area contributed by atoms with Crippen LogP contribution in [-0.2, 0) is 13.6 Å². The fourth-order valence-electron chi connectivity index (χ4n) is 4.00. The molecule has 1 aromatic carbocycles. The second kappa shape index (κ2) is 8.21. The Labute approximate surface area is 189 Å². The highest BCUT2D eigenvalue weighted by Crippen LogP contribution is 2.51. The van der Waals surface area contributed by atoms with Gasteiger partial charge in [0.05, 0.1) is 6.20 Å². The molecule has 1 fully saturated rings. The van der Waals surface area contributed by atoms with Crippen molar-refractivity contribution in [2.75, 3.05) is 11.5 Å². The molecule has 1 amide bonds. The maximum Gasteiger partial charge on any atom is 0.272 e. The molecule has 10 nitrogen and oxygen atoms in total. The number of H-pyrrole nitrogens is 1. The fraction of sp³-hybridized carbons (Fsp3) is 0.286. The van der Waals surface area contributed by atoms with Gasteiger partial charge in [0.25, 0.3) is 5.91 Å². The lowest BCUT2D eigenvalue weighted by Crippen LogP contribution is -2.24. The summed E-state index contributed by atoms with van der Waals surface area (Å²) in [6, 6.07) is 4.58. The summed E-state index contributed by atoms with van der Waals surface area (Å²) in [7, 11) is -0.801. The first-order chi connectivity index (χ1) is 15.8. The largest absolute Gasteiger partial charge is 0.347 e. The van der Waals surface area contributed by atoms with E-state index in [4.69, 9.17) is 0 Å². The number of hydrogen-bond donors (Lipinski definition) is 4. The quantitative estimate of drug-likeness (QED) is 0.350. The maximum atomic E-state index is 14.2. The van der Waals surface area contributed by atoms with Gasteiger partial charge in [0, 0.05) is 42.8 Å². The van der Waals surface area contributed by atoms with E-state index in [0.29, 0.717) is 40.3 Å². The van der Waals surface area contributed by atoms with Gasteiger partial charge in [-0.2, -0.15) is 15.7 Å². The molecule has 0 spiro atoms. The van der Waals surface area contributed by atoms with Gasteiger partial charge >= 0.3 is 0 Å². The summed E-state index contributed by atoms with van der Waals surface area (Å²) < 4.78 is 35.6. The van der Waals surface area contributed by atoms with E-state index < -0.39 is 22.3 Å². The third kappa shape index (κ3) is 4.45. The summed E-state index contributed by atoms with van der Waals surface area (Å²) >= 11 is 0. The molecule has 4 heterocycles. The summed E-state index contributed by atoms with van der Waals surface area (Å²) in [6.07, 6.45) is 5.28. The number of nitrogens with zero attached hydrogens (tertiary/aromatic N) is 5. The molecule has 1 aliphatic rings. The number of nitrogens with one attached hydrogen (secondary N) is 2. The number of aryl methyl sites for hydroxylation is 1. The van der Waals surface area contributed by atoms with E-state index in [1.54, 1.807) is 30.2 Å². The van der Waals surface area contributed by atoms with E-state index in [1.165, 1.54) is 18.5 Å². The van der Waals surface area contributed by atoms with E-state index in [1.807, 2.05) is 0 Å². The van der Waals surface area contributed by atoms with Crippen LogP contribution in [0.25, 0.3) is 22.3 Å². The van der Waals surface area contributed by atoms with Crippen molar-refractivity contribution in [3.63, 3.8) is 0 Å². The lowest BCUT2D eigenvalue weighted by molar-refractivity contribution is 0.0947. The lowest BCUT2D eigenvalue weighted by Gasteiger charge is -2.25. The Hall–Kier alpha value is -3.35. The molecule has 4 N–H and O–H groups in total. The number of hydrogen-bond acceptors (Lipinski definition) is 7. The lowest BCUT2D eigenvalue weighted by atomic mass is 10.1. The van der Waals surface area contributed by atoms with Crippen LogP contribution in [0.2, 0.25) is 0 Å². The SMILES string of the molecule is Cn1cc(-c2cc(F)cc(CNC(=O)c3ncnc4nc(C5CCS(O)(O)C5)[nH]c34)c2)cn1. The topological polar surface area (TPSA) is 142 Å². The highest BCUT2D eigenvalue weighted by Gasteiger charge is 2.32. The van der Waals surface area contributed by atoms with Gasteiger partial charge in [0.1, 0.15) is 23.5 Å². The Bertz CT molecular complexity index is 1350. The van der Waals surface area contributed by atoms with Crippen molar-refractivity contribution < 1.29 is 18.3 Å². The van der Waals surface area contributed by atoms with Gasteiger partial charge in [-0.3, -0.25) is 18.6 Å². The second-order valence-electron chi connectivity index (χ2n) is 8.13. The summed E-state index contributed by atoms with van der Waals surface area (Å²) in [5.74, 6) is 0.121. The van der Waals surface area contributed by atoms with E-state index in [-0.39, 0.29) is 23.9 Å². The zero-order valence-corrected chi connectivity index (χ0v) is 18.5. The highest BCUT2D eigenvalue weighted by atomic mass is 32.3. The molecule has 0 saturated carbocycles. The number of rotatable bonds is 5. The Kier molecular flexibility index (Phi) is 5.35. The summed E-state index contributed by atoms with van der Waals surface area (Å²) in [6.45, 7) is 0.0971. The Morgan fingerprint density at radius 1 is 1.30 bits per heavy atom. The monoisotopic (exact) mass is 471 g/mol. The van der Waals surface area contributed by atoms with Crippen LogP contribution in [0.1, 0.15) is 34.2 Å². The van der Waals surface area contributed by atoms with Crippen LogP contribution in [-0.4, -0.2) is 56.2 Å². The molecular formula is C21H22FN7O3S. The van der Waals surface area contributed by atoms with E-state index >= 15 is 0 Å². The van der Waals surface area contributed by atoms with E-state index in [0.717, 1.165) is 5.56 Å². The number of halogens is 1. The predicted octanol–water partition coefficient (Wildman–Crippen LogP) is 3.06. The molecule has 5 rings (SSSR count). The first-order valence-corrected chi connectivity index (χ1v) is 12.2. The molecule has 3 aromatic heterocycles. The number of aromatic nitrogens is 6. The van der Waals surface area contributed by atoms with Gasteiger partial charge in [0.2, 0.25) is 0 Å². The Balaban J connectivity index is 1.35. The molecule has 172 valence electrons. The highest BCUT2D eigenvalue weighted by molar-refractivity contribution is 8.24. The van der Waals surface area contributed by atoms with Gasteiger partial charge in [-0.05, 0) is 35.7 Å². The van der Waals surface area contributed by atoms with Gasteiger partial charge in [0.15, 0.2) is 11.3 Å². The van der Waals surface area contributed by atoms with Crippen molar-refractivity contribution in [2.45, 2.75) is 18.9 Å². The van der Waals surface area contributed by atoms with Crippen molar-refractivity contribution in [1.82, 2.24) is 35.0 Å². The third-order valence-corrected chi connectivity index (χ3v) is 7.44. The van der Waals surface area contributed by atoms with Crippen molar-refractivity contribution in [3.05, 3.63) is 59.8 Å². The molecule has 4 aromatic rings. The second-order valence-corrected chi connectivity index (χ2v) is 10.5. The number of fused-ring (bicyclic) bond motifs is 1. The van der Waals surface area contributed by atoms with Crippen molar-refractivity contribution >= 4 is 27.7 Å². The minimum atomic E-state index is -2.58. The minimum absolute atomic E-state index is 0.0971. The molecule has 0 aliphatic carbocycles. The Morgan fingerprint density at radius 2 is 2.15 bits per heavy atom. The van der Waals surface area contributed by atoms with Gasteiger partial charge in [-0.1, -0.05) is 0 Å². The first kappa shape index (κ1) is 21.5. The average Bonchev–Trinajstić information content (AvgIpc) is 3.49. The van der Waals surface area contributed by atoms with Crippen molar-refractivity contribution in [2.24, 2.45) is 7.05 Å². The minimum Gasteiger partial charge on any atom is -0.347 e. The fourth-order valence-corrected chi connectivity index (χ4v) is 5.80. The summed E-state index contributed by atoms with van der Waals surface area (Å²) in [5, 5.41) is 6.88. The third-order valence-electron chi connectivity index (χ3n) is 5.62. The Morgan fingerprint density at radius 3 is 2.88 bits per heavy atom. The molecule has 1 unspecified atom stereocenters. The molecule has 0 bridgehead atoms. The van der Waals surface area contributed by atoms with Crippen LogP contribution in [0.5, 0.6) is 0 Å². The van der Waals surface area contributed by atoms with Gasteiger partial charge in [-0.25, -0.2) is 19.3 Å². The molecular weight excluding hydrogens is 449 g/mol. The first-order valence-electron chi connectivity index (χ1n) is 10.3. The smallest absolute Gasteiger partial charge is 0.272 e. The molecule has 12 heteroatoms. The zero-order chi connectivity index (χ0) is 23.2. The van der Waals surface area contributed by atoms with Crippen LogP contribution in [0.4, 0.5) is 4.39 Å². The molecule has 1 atom stereocenters. The molecule has 1 aliphatic heterocycles. The number of carbonyl (C=O) groups is 1. The van der Waals surface area contributed by atoms with E-state index in [2.05, 4.69) is 30.4 Å². The van der Waals surface area contributed by atoms with Gasteiger partial charge < -0.3 is 10.3 Å². The standard InChI is InChI=1S/C21H22FN7O3S/c1-29-9-15(8-26-29)14-4-12(5-16(22)6-14)7-23-21(30)18-17-20(25-11-24-18)28-19(27-17)13-2-3-33(31,32)10-13/h4-6,8-9,11,13,31-32H,2-3,7,10H2,1H3,(H,23,30)(H,24,25,27,28). The van der Waals surface area contributed by atoms with Crippen molar-refractivity contribution in [1.29, 1.82) is 0 Å². The number of carbonyl (C=O) groups excluding carboxylic acids is 1. The molecule has 0 radical (unpaired) electrons. The maximum absolute atomic E-state index is 14.2. The number of amides is 1. The predicted molar refractivity (Wildman–Crippen MR) is 121 cm³/mol. The van der Waals surface area contributed by atoms with Crippen LogP contribution < -0.4 is 5.32 Å². The normalized spacial score (nSPS) is 18.5. The van der Waals surface area contributed by atoms with Gasteiger partial charge in [-0.15, -0.1) is 0 Å². The van der Waals surface area contributed by atoms with Crippen LogP contribution in [0.15, 0.2) is 36.9 Å². The molecule has 1 saturated heterocycles. The van der Waals surface area contributed by atoms with Crippen LogP contribution in [0.3, 0.4) is 0 Å².